The van der Waals surface area contributed by atoms with Gasteiger partial charge in [-0.3, -0.25) is 9.59 Å². The second-order valence-electron chi connectivity index (χ2n) is 12.0. The van der Waals surface area contributed by atoms with Crippen LogP contribution < -0.4 is 29.8 Å². The van der Waals surface area contributed by atoms with Gasteiger partial charge in [-0.05, 0) is 29.7 Å². The van der Waals surface area contributed by atoms with Crippen LogP contribution in [0.15, 0.2) is 52.1 Å². The molecule has 10 heteroatoms. The van der Waals surface area contributed by atoms with Crippen LogP contribution in [0.3, 0.4) is 0 Å². The van der Waals surface area contributed by atoms with Crippen molar-refractivity contribution in [3.63, 3.8) is 0 Å². The maximum atomic E-state index is 13.8. The van der Waals surface area contributed by atoms with Crippen LogP contribution in [0.25, 0.3) is 43.1 Å². The molecule has 0 bridgehead atoms. The number of aromatic hydroxyl groups is 2. The summed E-state index contributed by atoms with van der Waals surface area (Å²) in [5.74, 6) is -0.277. The topological polar surface area (TPSA) is 141 Å². The third kappa shape index (κ3) is 5.03. The zero-order chi connectivity index (χ0) is 34.4. The first-order valence-electron chi connectivity index (χ1n) is 15.7. The molecule has 0 aliphatic carbocycles. The van der Waals surface area contributed by atoms with Gasteiger partial charge in [-0.25, -0.2) is 0 Å². The van der Waals surface area contributed by atoms with Gasteiger partial charge in [0, 0.05) is 57.6 Å². The molecule has 3 N–H and O–H groups in total. The summed E-state index contributed by atoms with van der Waals surface area (Å²) in [7, 11) is 5.64. The molecule has 10 nitrogen and oxygen atoms in total. The van der Waals surface area contributed by atoms with Crippen molar-refractivity contribution in [3.8, 4) is 34.5 Å². The quantitative estimate of drug-likeness (QED) is 0.110. The number of ether oxygens (including phenoxy) is 5. The minimum Gasteiger partial charge on any atom is -0.504 e. The maximum Gasteiger partial charge on any atom is 0.194 e. The molecule has 6 aromatic carbocycles. The van der Waals surface area contributed by atoms with E-state index >= 15 is 0 Å². The van der Waals surface area contributed by atoms with Gasteiger partial charge >= 0.3 is 0 Å². The van der Waals surface area contributed by atoms with Crippen molar-refractivity contribution in [3.05, 3.63) is 79.6 Å². The fraction of sp³-hybridized carbons (Fsp3) is 0.316. The Hall–Kier alpha value is -5.06. The molecule has 0 fully saturated rings. The second-order valence-corrected chi connectivity index (χ2v) is 12.0. The number of rotatable bonds is 12. The van der Waals surface area contributed by atoms with Crippen molar-refractivity contribution >= 4 is 43.1 Å². The van der Waals surface area contributed by atoms with Gasteiger partial charge in [-0.15, -0.1) is 0 Å². The van der Waals surface area contributed by atoms with E-state index in [1.807, 2.05) is 44.2 Å². The largest absolute Gasteiger partial charge is 0.504 e. The minimum atomic E-state index is -0.847. The van der Waals surface area contributed by atoms with Gasteiger partial charge in [0.25, 0.3) is 0 Å². The summed E-state index contributed by atoms with van der Waals surface area (Å²) < 4.78 is 29.4. The molecule has 0 spiro atoms. The van der Waals surface area contributed by atoms with Crippen molar-refractivity contribution in [2.45, 2.75) is 51.9 Å². The maximum absolute atomic E-state index is 13.8. The Morgan fingerprint density at radius 1 is 0.646 bits per heavy atom. The molecule has 0 saturated carbocycles. The molecule has 0 unspecified atom stereocenters. The molecule has 0 aliphatic heterocycles. The molecule has 6 rings (SSSR count). The smallest absolute Gasteiger partial charge is 0.194 e. The van der Waals surface area contributed by atoms with Gasteiger partial charge in [-0.2, -0.15) is 0 Å². The highest BCUT2D eigenvalue weighted by Crippen LogP contribution is 2.55. The van der Waals surface area contributed by atoms with E-state index in [4.69, 9.17) is 23.7 Å². The Kier molecular flexibility index (Phi) is 8.80. The van der Waals surface area contributed by atoms with Crippen LogP contribution in [-0.4, -0.2) is 56.0 Å². The van der Waals surface area contributed by atoms with E-state index < -0.39 is 23.1 Å². The number of benzene rings is 6. The number of hydrogen-bond acceptors (Lipinski definition) is 10. The first kappa shape index (κ1) is 32.9. The SMILES string of the molecule is CC[C@@H](O)Cc1c(OC)c(O)c2c(=O)cc(OC)c3c4c(OC)cc(=O)c5c(O)c(OC)c(C[C@@H](C)OCc6ccccc6)c(c1c23)c54. The van der Waals surface area contributed by atoms with Gasteiger partial charge in [0.1, 0.15) is 11.5 Å². The van der Waals surface area contributed by atoms with Gasteiger partial charge in [0.05, 0.1) is 58.0 Å². The van der Waals surface area contributed by atoms with Crippen LogP contribution in [0, 0.1) is 0 Å². The predicted octanol–water partition coefficient (Wildman–Crippen LogP) is 5.80. The van der Waals surface area contributed by atoms with E-state index in [9.17, 15) is 24.9 Å². The summed E-state index contributed by atoms with van der Waals surface area (Å²) in [5.41, 5.74) is 0.865. The number of hydrogen-bond donors (Lipinski definition) is 3. The first-order valence-corrected chi connectivity index (χ1v) is 15.7. The van der Waals surface area contributed by atoms with Gasteiger partial charge in [-0.1, -0.05) is 37.3 Å². The third-order valence-electron chi connectivity index (χ3n) is 9.19. The lowest BCUT2D eigenvalue weighted by atomic mass is 9.81. The number of aliphatic hydroxyl groups is 1. The Morgan fingerprint density at radius 3 is 1.56 bits per heavy atom. The highest BCUT2D eigenvalue weighted by atomic mass is 16.5. The zero-order valence-electron chi connectivity index (χ0n) is 27.7. The Labute approximate surface area is 276 Å². The van der Waals surface area contributed by atoms with Crippen molar-refractivity contribution < 1.29 is 39.0 Å². The lowest BCUT2D eigenvalue weighted by molar-refractivity contribution is 0.0533. The van der Waals surface area contributed by atoms with Crippen LogP contribution in [0.5, 0.6) is 34.5 Å². The van der Waals surface area contributed by atoms with E-state index in [0.29, 0.717) is 56.5 Å². The normalized spacial score (nSPS) is 13.1. The number of phenols is 2. The molecule has 0 aromatic heterocycles. The molecule has 0 radical (unpaired) electrons. The third-order valence-corrected chi connectivity index (χ3v) is 9.19. The highest BCUT2D eigenvalue weighted by Gasteiger charge is 2.33. The molecule has 6 aromatic rings. The summed E-state index contributed by atoms with van der Waals surface area (Å²) in [6.45, 7) is 4.05. The molecule has 48 heavy (non-hydrogen) atoms. The molecule has 0 heterocycles. The van der Waals surface area contributed by atoms with Crippen molar-refractivity contribution in [2.24, 2.45) is 0 Å². The average Bonchev–Trinajstić information content (AvgIpc) is 3.08. The van der Waals surface area contributed by atoms with Crippen molar-refractivity contribution in [1.82, 2.24) is 0 Å². The van der Waals surface area contributed by atoms with E-state index in [2.05, 4.69) is 0 Å². The molecule has 2 atom stereocenters. The average molecular weight is 655 g/mol. The van der Waals surface area contributed by atoms with Crippen LogP contribution in [-0.2, 0) is 24.2 Å². The monoisotopic (exact) mass is 654 g/mol. The van der Waals surface area contributed by atoms with Crippen molar-refractivity contribution in [1.29, 1.82) is 0 Å². The molecular weight excluding hydrogens is 616 g/mol. The lowest BCUT2D eigenvalue weighted by Gasteiger charge is -2.26. The van der Waals surface area contributed by atoms with E-state index in [1.165, 1.54) is 40.6 Å². The minimum absolute atomic E-state index is 0.0136. The molecule has 0 aliphatic rings. The Morgan fingerprint density at radius 2 is 1.12 bits per heavy atom. The van der Waals surface area contributed by atoms with Gasteiger partial charge < -0.3 is 39.0 Å². The Bertz CT molecular complexity index is 2270. The first-order chi connectivity index (χ1) is 23.1. The van der Waals surface area contributed by atoms with Gasteiger partial charge in [0.15, 0.2) is 33.9 Å². The second kappa shape index (κ2) is 12.9. The van der Waals surface area contributed by atoms with E-state index in [0.717, 1.165) is 5.56 Å². The van der Waals surface area contributed by atoms with E-state index in [1.54, 1.807) is 0 Å². The summed E-state index contributed by atoms with van der Waals surface area (Å²) in [4.78, 5) is 27.6. The zero-order valence-corrected chi connectivity index (χ0v) is 27.7. The Balaban J connectivity index is 1.89. The van der Waals surface area contributed by atoms with Gasteiger partial charge in [0.2, 0.25) is 0 Å². The summed E-state index contributed by atoms with van der Waals surface area (Å²) in [5, 5.41) is 36.9. The number of aliphatic hydroxyl groups excluding tert-OH is 1. The fourth-order valence-corrected chi connectivity index (χ4v) is 7.02. The summed E-state index contributed by atoms with van der Waals surface area (Å²) in [6.07, 6.45) is -0.629. The number of methoxy groups -OCH3 is 4. The predicted molar refractivity (Wildman–Crippen MR) is 185 cm³/mol. The highest BCUT2D eigenvalue weighted by molar-refractivity contribution is 6.38. The molecule has 0 saturated heterocycles. The molecule has 250 valence electrons. The molecule has 0 amide bonds. The summed E-state index contributed by atoms with van der Waals surface area (Å²) >= 11 is 0. The van der Waals surface area contributed by atoms with E-state index in [-0.39, 0.29) is 58.1 Å². The fourth-order valence-electron chi connectivity index (χ4n) is 7.02. The van der Waals surface area contributed by atoms with Crippen LogP contribution in [0.1, 0.15) is 37.0 Å². The molecular formula is C38H38O10. The van der Waals surface area contributed by atoms with Crippen LogP contribution >= 0.6 is 0 Å². The van der Waals surface area contributed by atoms with Crippen LogP contribution in [0.4, 0.5) is 0 Å². The summed E-state index contributed by atoms with van der Waals surface area (Å²) in [6, 6.07) is 12.3. The number of phenolic OH excluding ortho intramolecular Hbond substituents is 2. The standard InChI is InChI=1S/C38H38O10/c1-7-20(39)14-22-28-27-21(13-18(2)48-17-19-11-9-8-10-12-19)37(46-5)35(42)29-23(40)15-25(44-3)31(33(27)29)32-26(45-4)16-24(41)30(34(28)32)36(43)38(22)47-6/h8-12,15-16,18,20,39,42-43H,7,13-14,17H2,1-6H3/t18-,20-/m1/s1. The lowest BCUT2D eigenvalue weighted by Crippen LogP contribution is -2.16. The van der Waals surface area contributed by atoms with Crippen molar-refractivity contribution in [2.75, 3.05) is 28.4 Å². The van der Waals surface area contributed by atoms with Crippen LogP contribution in [0.2, 0.25) is 0 Å². The number of fused-ring (bicyclic) bond motifs is 2.